The Morgan fingerprint density at radius 2 is 2.11 bits per heavy atom. The summed E-state index contributed by atoms with van der Waals surface area (Å²) in [7, 11) is 0. The third-order valence-corrected chi connectivity index (χ3v) is 5.59. The lowest BCUT2D eigenvalue weighted by atomic mass is 10.2. The van der Waals surface area contributed by atoms with Gasteiger partial charge < -0.3 is 14.2 Å². The zero-order chi connectivity index (χ0) is 20.3. The van der Waals surface area contributed by atoms with Crippen molar-refractivity contribution in [1.29, 1.82) is 0 Å². The van der Waals surface area contributed by atoms with E-state index in [0.29, 0.717) is 28.6 Å². The number of halogens is 3. The van der Waals surface area contributed by atoms with Gasteiger partial charge in [0.2, 0.25) is 0 Å². The molecule has 0 N–H and O–H groups in total. The van der Waals surface area contributed by atoms with Gasteiger partial charge in [-0.15, -0.1) is 0 Å². The minimum atomic E-state index is -0.299. The maximum Gasteiger partial charge on any atom is 0.139 e. The highest BCUT2D eigenvalue weighted by Crippen LogP contribution is 2.36. The number of hydrogen-bond donors (Lipinski definition) is 0. The van der Waals surface area contributed by atoms with Crippen molar-refractivity contribution in [2.45, 2.75) is 46.3 Å². The molecule has 4 nitrogen and oxygen atoms in total. The van der Waals surface area contributed by atoms with Crippen LogP contribution in [-0.4, -0.2) is 29.2 Å². The molecule has 1 unspecified atom stereocenters. The molecule has 0 radical (unpaired) electrons. The number of aromatic nitrogens is 2. The number of benzene rings is 1. The Labute approximate surface area is 175 Å². The minimum Gasteiger partial charge on any atom is -0.370 e. The number of hydrogen-bond acceptors (Lipinski definition) is 3. The van der Waals surface area contributed by atoms with Gasteiger partial charge in [-0.05, 0) is 39.3 Å². The van der Waals surface area contributed by atoms with E-state index in [1.807, 2.05) is 6.92 Å². The van der Waals surface area contributed by atoms with E-state index in [2.05, 4.69) is 23.3 Å². The van der Waals surface area contributed by atoms with E-state index in [4.69, 9.17) is 32.9 Å². The van der Waals surface area contributed by atoms with E-state index in [1.165, 1.54) is 6.07 Å². The second-order valence-electron chi connectivity index (χ2n) is 6.77. The van der Waals surface area contributed by atoms with Crippen LogP contribution in [0.4, 0.5) is 10.1 Å². The van der Waals surface area contributed by atoms with E-state index >= 15 is 0 Å². The fourth-order valence-electron chi connectivity index (χ4n) is 3.65. The number of allylic oxidation sites excluding steroid dienone is 3. The maximum absolute atomic E-state index is 14.3. The third kappa shape index (κ3) is 4.37. The highest BCUT2D eigenvalue weighted by Gasteiger charge is 2.27. The zero-order valence-corrected chi connectivity index (χ0v) is 18.0. The Kier molecular flexibility index (Phi) is 7.02. The first-order valence-corrected chi connectivity index (χ1v) is 10.5. The van der Waals surface area contributed by atoms with Crippen molar-refractivity contribution in [3.05, 3.63) is 46.0 Å². The number of nitrogens with zero attached hydrogens (tertiary/aromatic N) is 3. The third-order valence-electron chi connectivity index (χ3n) is 5.00. The second-order valence-corrected chi connectivity index (χ2v) is 7.69. The lowest BCUT2D eigenvalue weighted by Crippen LogP contribution is -2.23. The zero-order valence-electron chi connectivity index (χ0n) is 16.5. The quantitative estimate of drug-likeness (QED) is 0.520. The number of ether oxygens (including phenoxy) is 1. The molecule has 2 heterocycles. The van der Waals surface area contributed by atoms with Crippen molar-refractivity contribution in [2.24, 2.45) is 0 Å². The lowest BCUT2D eigenvalue weighted by Gasteiger charge is -2.23. The van der Waals surface area contributed by atoms with Gasteiger partial charge in [-0.25, -0.2) is 9.37 Å². The van der Waals surface area contributed by atoms with E-state index in [0.717, 1.165) is 43.1 Å². The lowest BCUT2D eigenvalue weighted by molar-refractivity contribution is 0.0548. The highest BCUT2D eigenvalue weighted by atomic mass is 35.5. The van der Waals surface area contributed by atoms with Gasteiger partial charge in [-0.1, -0.05) is 29.3 Å². The number of anilines is 1. The van der Waals surface area contributed by atoms with Gasteiger partial charge in [0.1, 0.15) is 17.7 Å². The SMILES string of the molecule is C/C=C(Cl)\C=C(\Cl)CC1OCCCn2c1nc1cc(F)cc(N(CC)CC)c12. The molecular weight excluding hydrogens is 400 g/mol. The summed E-state index contributed by atoms with van der Waals surface area (Å²) in [4.78, 5) is 6.91. The number of imidazole rings is 1. The summed E-state index contributed by atoms with van der Waals surface area (Å²) in [5, 5.41) is 1.18. The highest BCUT2D eigenvalue weighted by molar-refractivity contribution is 6.34. The number of rotatable bonds is 6. The van der Waals surface area contributed by atoms with E-state index in [-0.39, 0.29) is 11.9 Å². The van der Waals surface area contributed by atoms with Crippen LogP contribution in [0.5, 0.6) is 0 Å². The average Bonchev–Trinajstić information content (AvgIpc) is 2.92. The molecule has 0 saturated heterocycles. The number of aryl methyl sites for hydroxylation is 1. The molecule has 1 aromatic carbocycles. The first kappa shape index (κ1) is 21.2. The molecule has 28 heavy (non-hydrogen) atoms. The predicted octanol–water partition coefficient (Wildman–Crippen LogP) is 6.14. The Bertz CT molecular complexity index is 903. The van der Waals surface area contributed by atoms with Crippen molar-refractivity contribution in [2.75, 3.05) is 24.6 Å². The normalized spacial score (nSPS) is 18.3. The summed E-state index contributed by atoms with van der Waals surface area (Å²) >= 11 is 12.5. The molecule has 3 rings (SSSR count). The van der Waals surface area contributed by atoms with Crippen molar-refractivity contribution in [3.63, 3.8) is 0 Å². The molecule has 0 fully saturated rings. The molecule has 7 heteroatoms. The summed E-state index contributed by atoms with van der Waals surface area (Å²) in [6.45, 7) is 8.99. The largest absolute Gasteiger partial charge is 0.370 e. The van der Waals surface area contributed by atoms with Crippen LogP contribution in [0, 0.1) is 5.82 Å². The Balaban J connectivity index is 2.10. The molecule has 0 saturated carbocycles. The Morgan fingerprint density at radius 3 is 2.79 bits per heavy atom. The minimum absolute atomic E-state index is 0.280. The molecule has 152 valence electrons. The monoisotopic (exact) mass is 425 g/mol. The topological polar surface area (TPSA) is 30.3 Å². The fourth-order valence-corrected chi connectivity index (χ4v) is 4.10. The first-order chi connectivity index (χ1) is 13.5. The van der Waals surface area contributed by atoms with Crippen molar-refractivity contribution in [1.82, 2.24) is 9.55 Å². The fraction of sp³-hybridized carbons (Fsp3) is 0.476. The van der Waals surface area contributed by atoms with E-state index in [9.17, 15) is 4.39 Å². The van der Waals surface area contributed by atoms with E-state index in [1.54, 1.807) is 18.2 Å². The van der Waals surface area contributed by atoms with Crippen LogP contribution in [0.2, 0.25) is 0 Å². The molecule has 0 bridgehead atoms. The molecule has 1 aromatic heterocycles. The maximum atomic E-state index is 14.3. The summed E-state index contributed by atoms with van der Waals surface area (Å²) in [6, 6.07) is 3.10. The van der Waals surface area contributed by atoms with Crippen LogP contribution in [0.25, 0.3) is 11.0 Å². The van der Waals surface area contributed by atoms with Crippen molar-refractivity contribution in [3.8, 4) is 0 Å². The van der Waals surface area contributed by atoms with Crippen LogP contribution in [-0.2, 0) is 11.3 Å². The smallest absolute Gasteiger partial charge is 0.139 e. The van der Waals surface area contributed by atoms with Crippen LogP contribution in [0.15, 0.2) is 34.3 Å². The standard InChI is InChI=1S/C21H26Cl2FN3O/c1-4-14(22)10-15(23)11-19-21-25-17-12-16(24)13-18(26(5-2)6-3)20(17)27(21)8-7-9-28-19/h4,10,12-13,19H,5-9,11H2,1-3H3/b14-4+,15-10+. The predicted molar refractivity (Wildman–Crippen MR) is 115 cm³/mol. The Morgan fingerprint density at radius 1 is 1.36 bits per heavy atom. The summed E-state index contributed by atoms with van der Waals surface area (Å²) in [5.74, 6) is 0.507. The molecule has 2 aromatic rings. The van der Waals surface area contributed by atoms with Crippen LogP contribution >= 0.6 is 23.2 Å². The van der Waals surface area contributed by atoms with Gasteiger partial charge in [0.25, 0.3) is 0 Å². The second kappa shape index (κ2) is 9.29. The molecule has 1 aliphatic heterocycles. The van der Waals surface area contributed by atoms with Crippen LogP contribution < -0.4 is 4.90 Å². The summed E-state index contributed by atoms with van der Waals surface area (Å²) in [6.07, 6.45) is 4.55. The molecule has 0 spiro atoms. The molecule has 0 amide bonds. The molecule has 0 aliphatic carbocycles. The van der Waals surface area contributed by atoms with Gasteiger partial charge in [0.15, 0.2) is 0 Å². The Hall–Kier alpha value is -1.56. The first-order valence-electron chi connectivity index (χ1n) is 9.72. The summed E-state index contributed by atoms with van der Waals surface area (Å²) < 4.78 is 22.5. The van der Waals surface area contributed by atoms with Crippen molar-refractivity contribution < 1.29 is 9.13 Å². The summed E-state index contributed by atoms with van der Waals surface area (Å²) in [5.41, 5.74) is 2.49. The van der Waals surface area contributed by atoms with Crippen molar-refractivity contribution >= 4 is 39.9 Å². The molecule has 1 aliphatic rings. The molecular formula is C21H26Cl2FN3O. The van der Waals surface area contributed by atoms with Gasteiger partial charge in [-0.2, -0.15) is 0 Å². The van der Waals surface area contributed by atoms with Gasteiger partial charge in [-0.3, -0.25) is 0 Å². The van der Waals surface area contributed by atoms with Gasteiger partial charge >= 0.3 is 0 Å². The van der Waals surface area contributed by atoms with E-state index < -0.39 is 0 Å². The molecule has 1 atom stereocenters. The average molecular weight is 426 g/mol. The van der Waals surface area contributed by atoms with Crippen LogP contribution in [0.1, 0.15) is 45.5 Å². The van der Waals surface area contributed by atoms with Crippen LogP contribution in [0.3, 0.4) is 0 Å². The number of fused-ring (bicyclic) bond motifs is 3. The van der Waals surface area contributed by atoms with Gasteiger partial charge in [0.05, 0.1) is 16.7 Å². The van der Waals surface area contributed by atoms with Gasteiger partial charge in [0, 0.05) is 48.8 Å².